The lowest BCUT2D eigenvalue weighted by atomic mass is 9.72. The predicted molar refractivity (Wildman–Crippen MR) is 121 cm³/mol. The smallest absolute Gasteiger partial charge is 0.311 e. The first-order valence-electron chi connectivity index (χ1n) is 11.2. The molecule has 0 N–H and O–H groups in total. The van der Waals surface area contributed by atoms with E-state index in [0.717, 1.165) is 11.3 Å². The van der Waals surface area contributed by atoms with Gasteiger partial charge in [0.25, 0.3) is 11.8 Å². The lowest BCUT2D eigenvalue weighted by Gasteiger charge is -2.46. The molecule has 3 heterocycles. The number of fused-ring (bicyclic) bond motifs is 3. The number of hydrogen-bond donors (Lipinski definition) is 0. The molecular formula is C25H30N2O6. The zero-order chi connectivity index (χ0) is 23.9. The van der Waals surface area contributed by atoms with Crippen molar-refractivity contribution in [2.45, 2.75) is 39.2 Å². The van der Waals surface area contributed by atoms with Crippen LogP contribution >= 0.6 is 0 Å². The molecule has 1 aromatic carbocycles. The zero-order valence-electron chi connectivity index (χ0n) is 19.7. The highest BCUT2D eigenvalue weighted by atomic mass is 16.5. The van der Waals surface area contributed by atoms with Gasteiger partial charge in [-0.15, -0.1) is 0 Å². The monoisotopic (exact) mass is 454 g/mol. The fourth-order valence-electron chi connectivity index (χ4n) is 5.35. The van der Waals surface area contributed by atoms with Crippen LogP contribution in [0.3, 0.4) is 0 Å². The summed E-state index contributed by atoms with van der Waals surface area (Å²) in [7, 11) is 1.58. The van der Waals surface area contributed by atoms with Gasteiger partial charge in [-0.2, -0.15) is 0 Å². The van der Waals surface area contributed by atoms with Crippen molar-refractivity contribution in [1.82, 2.24) is 4.90 Å². The average Bonchev–Trinajstić information content (AvgIpc) is 3.30. The molecule has 1 aromatic heterocycles. The molecule has 0 saturated carbocycles. The number of esters is 1. The standard InChI is InChI=1S/C25H30N2O6/c1-6-32-23(29)19-14-27(22(28)18-13-15(2)33-16(18)3)25(4)21(19)17-9-7-8-10-20(17)26(24(25)30)11-12-31-5/h7-10,13,19,21H,6,11-12,14H2,1-5H3/t19-,21+,25-/m0/s1. The van der Waals surface area contributed by atoms with E-state index in [2.05, 4.69) is 0 Å². The van der Waals surface area contributed by atoms with Crippen molar-refractivity contribution in [2.24, 2.45) is 5.92 Å². The number of para-hydroxylation sites is 1. The molecule has 33 heavy (non-hydrogen) atoms. The Kier molecular flexibility index (Phi) is 6.05. The first-order chi connectivity index (χ1) is 15.7. The fraction of sp³-hybridized carbons (Fsp3) is 0.480. The lowest BCUT2D eigenvalue weighted by Crippen LogP contribution is -2.62. The molecule has 2 aliphatic heterocycles. The lowest BCUT2D eigenvalue weighted by molar-refractivity contribution is -0.148. The van der Waals surface area contributed by atoms with Crippen molar-refractivity contribution in [2.75, 3.05) is 38.3 Å². The Bertz CT molecular complexity index is 1090. The van der Waals surface area contributed by atoms with Crippen LogP contribution in [0.1, 0.15) is 47.2 Å². The number of hydrogen-bond acceptors (Lipinski definition) is 6. The maximum Gasteiger partial charge on any atom is 0.311 e. The van der Waals surface area contributed by atoms with E-state index < -0.39 is 23.3 Å². The van der Waals surface area contributed by atoms with E-state index in [0.29, 0.717) is 30.2 Å². The largest absolute Gasteiger partial charge is 0.466 e. The second kappa shape index (κ2) is 8.67. The summed E-state index contributed by atoms with van der Waals surface area (Å²) in [5.74, 6) is -1.07. The molecule has 0 aliphatic carbocycles. The van der Waals surface area contributed by atoms with Crippen molar-refractivity contribution in [1.29, 1.82) is 0 Å². The van der Waals surface area contributed by atoms with Gasteiger partial charge >= 0.3 is 5.97 Å². The summed E-state index contributed by atoms with van der Waals surface area (Å²) in [5.41, 5.74) is 0.714. The third-order valence-corrected chi connectivity index (χ3v) is 6.81. The van der Waals surface area contributed by atoms with Gasteiger partial charge in [0.05, 0.1) is 24.7 Å². The van der Waals surface area contributed by atoms with Gasteiger partial charge in [-0.25, -0.2) is 0 Å². The van der Waals surface area contributed by atoms with Crippen LogP contribution < -0.4 is 4.90 Å². The fourth-order valence-corrected chi connectivity index (χ4v) is 5.35. The van der Waals surface area contributed by atoms with E-state index in [1.807, 2.05) is 24.3 Å². The quantitative estimate of drug-likeness (QED) is 0.624. The third-order valence-electron chi connectivity index (χ3n) is 6.81. The molecule has 2 aliphatic rings. The second-order valence-electron chi connectivity index (χ2n) is 8.73. The van der Waals surface area contributed by atoms with E-state index in [9.17, 15) is 14.4 Å². The van der Waals surface area contributed by atoms with Crippen LogP contribution in [0.15, 0.2) is 34.7 Å². The van der Waals surface area contributed by atoms with Gasteiger partial charge in [0, 0.05) is 31.8 Å². The molecule has 0 unspecified atom stereocenters. The summed E-state index contributed by atoms with van der Waals surface area (Å²) in [6, 6.07) is 9.23. The number of benzene rings is 1. The van der Waals surface area contributed by atoms with Gasteiger partial charge in [-0.05, 0) is 45.4 Å². The Morgan fingerprint density at radius 2 is 1.97 bits per heavy atom. The summed E-state index contributed by atoms with van der Waals surface area (Å²) in [6.07, 6.45) is 0. The summed E-state index contributed by atoms with van der Waals surface area (Å²) in [4.78, 5) is 44.1. The minimum Gasteiger partial charge on any atom is -0.466 e. The van der Waals surface area contributed by atoms with Gasteiger partial charge in [0.1, 0.15) is 17.1 Å². The maximum absolute atomic E-state index is 14.1. The Morgan fingerprint density at radius 3 is 2.61 bits per heavy atom. The van der Waals surface area contributed by atoms with Gasteiger partial charge in [0.15, 0.2) is 0 Å². The summed E-state index contributed by atoms with van der Waals surface area (Å²) in [6.45, 7) is 7.99. The number of carbonyl (C=O) groups is 3. The van der Waals surface area contributed by atoms with E-state index in [4.69, 9.17) is 13.9 Å². The van der Waals surface area contributed by atoms with Crippen LogP contribution in [0, 0.1) is 19.8 Å². The number of aryl methyl sites for hydroxylation is 2. The number of rotatable bonds is 6. The van der Waals surface area contributed by atoms with Crippen LogP contribution in [-0.4, -0.2) is 61.6 Å². The summed E-state index contributed by atoms with van der Waals surface area (Å²) >= 11 is 0. The highest BCUT2D eigenvalue weighted by Gasteiger charge is 2.64. The maximum atomic E-state index is 14.1. The minimum absolute atomic E-state index is 0.0840. The van der Waals surface area contributed by atoms with E-state index >= 15 is 0 Å². The van der Waals surface area contributed by atoms with Gasteiger partial charge in [0.2, 0.25) is 0 Å². The summed E-state index contributed by atoms with van der Waals surface area (Å²) in [5, 5.41) is 0. The molecule has 176 valence electrons. The number of carbonyl (C=O) groups excluding carboxylic acids is 3. The Labute approximate surface area is 193 Å². The normalized spacial score (nSPS) is 24.0. The summed E-state index contributed by atoms with van der Waals surface area (Å²) < 4.78 is 16.2. The van der Waals surface area contributed by atoms with E-state index in [1.165, 1.54) is 4.90 Å². The first kappa shape index (κ1) is 23.0. The van der Waals surface area contributed by atoms with Crippen molar-refractivity contribution in [3.63, 3.8) is 0 Å². The van der Waals surface area contributed by atoms with Gasteiger partial charge in [-0.3, -0.25) is 14.4 Å². The zero-order valence-corrected chi connectivity index (χ0v) is 19.7. The number of amides is 2. The van der Waals surface area contributed by atoms with Crippen LogP contribution in [0.2, 0.25) is 0 Å². The van der Waals surface area contributed by atoms with Crippen LogP contribution in [0.5, 0.6) is 0 Å². The van der Waals surface area contributed by atoms with Crippen molar-refractivity contribution in [3.05, 3.63) is 53.0 Å². The first-order valence-corrected chi connectivity index (χ1v) is 11.2. The SMILES string of the molecule is CCOC(=O)[C@H]1CN(C(=O)c2cc(C)oc2C)[C@]2(C)C(=O)N(CCOC)c3ccccc3[C@H]12. The molecule has 8 heteroatoms. The van der Waals surface area contributed by atoms with E-state index in [1.54, 1.807) is 45.8 Å². The van der Waals surface area contributed by atoms with Crippen LogP contribution in [-0.2, 0) is 19.1 Å². The highest BCUT2D eigenvalue weighted by Crippen LogP contribution is 2.53. The van der Waals surface area contributed by atoms with Gasteiger partial charge in [-0.1, -0.05) is 18.2 Å². The highest BCUT2D eigenvalue weighted by molar-refractivity contribution is 6.09. The molecule has 0 spiro atoms. The molecular weight excluding hydrogens is 424 g/mol. The second-order valence-corrected chi connectivity index (χ2v) is 8.73. The topological polar surface area (TPSA) is 89.3 Å². The number of ether oxygens (including phenoxy) is 2. The van der Waals surface area contributed by atoms with Crippen molar-refractivity contribution < 1.29 is 28.3 Å². The molecule has 0 radical (unpaired) electrons. The molecule has 2 aromatic rings. The number of furan rings is 1. The minimum atomic E-state index is -1.27. The Hall–Kier alpha value is -3.13. The van der Waals surface area contributed by atoms with Crippen LogP contribution in [0.4, 0.5) is 5.69 Å². The van der Waals surface area contributed by atoms with Crippen molar-refractivity contribution in [3.8, 4) is 0 Å². The average molecular weight is 455 g/mol. The van der Waals surface area contributed by atoms with Crippen molar-refractivity contribution >= 4 is 23.5 Å². The molecule has 0 bridgehead atoms. The molecule has 8 nitrogen and oxygen atoms in total. The number of anilines is 1. The number of methoxy groups -OCH3 is 1. The molecule has 3 atom stereocenters. The Morgan fingerprint density at radius 1 is 1.24 bits per heavy atom. The predicted octanol–water partition coefficient (Wildman–Crippen LogP) is 3.07. The van der Waals surface area contributed by atoms with Gasteiger partial charge < -0.3 is 23.7 Å². The van der Waals surface area contributed by atoms with Crippen LogP contribution in [0.25, 0.3) is 0 Å². The molecule has 1 fully saturated rings. The Balaban J connectivity index is 1.88. The van der Waals surface area contributed by atoms with E-state index in [-0.39, 0.29) is 25.0 Å². The third kappa shape index (κ3) is 3.53. The molecule has 4 rings (SSSR count). The number of likely N-dealkylation sites (tertiary alicyclic amines) is 1. The molecule has 2 amide bonds. The number of nitrogens with zero attached hydrogens (tertiary/aromatic N) is 2. The molecule has 1 saturated heterocycles.